The highest BCUT2D eigenvalue weighted by Crippen LogP contribution is 2.15. The van der Waals surface area contributed by atoms with E-state index >= 15 is 0 Å². The molecule has 2 heterocycles. The van der Waals surface area contributed by atoms with E-state index in [1.54, 1.807) is 54.5 Å². The molecule has 1 aliphatic rings. The first-order valence-electron chi connectivity index (χ1n) is 9.20. The molecule has 3 amide bonds. The van der Waals surface area contributed by atoms with Gasteiger partial charge in [0.2, 0.25) is 11.8 Å². The van der Waals surface area contributed by atoms with Crippen LogP contribution in [0.5, 0.6) is 0 Å². The lowest BCUT2D eigenvalue weighted by Crippen LogP contribution is -2.49. The van der Waals surface area contributed by atoms with Gasteiger partial charge in [-0.15, -0.1) is 0 Å². The van der Waals surface area contributed by atoms with Crippen molar-refractivity contribution >= 4 is 23.4 Å². The quantitative estimate of drug-likeness (QED) is 0.783. The molecule has 1 aromatic heterocycles. The molecular formula is C20H24N4O4. The number of amides is 3. The molecule has 148 valence electrons. The van der Waals surface area contributed by atoms with Gasteiger partial charge in [-0.3, -0.25) is 19.3 Å². The standard InChI is InChI=1S/C20H24N4O4/c1-15(25)24-10-8-23(9-11-24)14-19(26)22-18-7-3-2-6-17(18)20(27)21-13-16-5-4-12-28-16/h2-7,12H,8-11,13-14H2,1H3,(H,21,27)(H,22,26). The first kappa shape index (κ1) is 19.6. The number of nitrogens with one attached hydrogen (secondary N) is 2. The number of piperazine rings is 1. The fourth-order valence-electron chi connectivity index (χ4n) is 3.08. The Hall–Kier alpha value is -3.13. The molecule has 0 spiro atoms. The van der Waals surface area contributed by atoms with Crippen molar-refractivity contribution in [2.75, 3.05) is 38.0 Å². The molecule has 0 atom stereocenters. The summed E-state index contributed by atoms with van der Waals surface area (Å²) in [5.74, 6) is 0.225. The van der Waals surface area contributed by atoms with Crippen LogP contribution in [0.3, 0.4) is 0 Å². The van der Waals surface area contributed by atoms with Crippen LogP contribution in [-0.4, -0.2) is 60.2 Å². The van der Waals surface area contributed by atoms with E-state index in [0.717, 1.165) is 0 Å². The second-order valence-electron chi connectivity index (χ2n) is 6.64. The number of hydrogen-bond donors (Lipinski definition) is 2. The third-order valence-corrected chi connectivity index (χ3v) is 4.63. The van der Waals surface area contributed by atoms with E-state index in [0.29, 0.717) is 43.2 Å². The van der Waals surface area contributed by atoms with E-state index in [-0.39, 0.29) is 30.8 Å². The molecule has 0 radical (unpaired) electrons. The molecule has 1 aromatic carbocycles. The molecule has 8 heteroatoms. The van der Waals surface area contributed by atoms with Crippen molar-refractivity contribution in [1.82, 2.24) is 15.1 Å². The van der Waals surface area contributed by atoms with Gasteiger partial charge in [-0.2, -0.15) is 0 Å². The smallest absolute Gasteiger partial charge is 0.253 e. The molecule has 0 aliphatic carbocycles. The molecule has 2 N–H and O–H groups in total. The lowest BCUT2D eigenvalue weighted by molar-refractivity contribution is -0.130. The number of nitrogens with zero attached hydrogens (tertiary/aromatic N) is 2. The van der Waals surface area contributed by atoms with Crippen LogP contribution >= 0.6 is 0 Å². The second-order valence-corrected chi connectivity index (χ2v) is 6.64. The van der Waals surface area contributed by atoms with Crippen molar-refractivity contribution in [3.8, 4) is 0 Å². The Morgan fingerprint density at radius 3 is 2.46 bits per heavy atom. The van der Waals surface area contributed by atoms with Gasteiger partial charge in [-0.1, -0.05) is 12.1 Å². The maximum absolute atomic E-state index is 12.5. The van der Waals surface area contributed by atoms with Crippen LogP contribution in [0.25, 0.3) is 0 Å². The Labute approximate surface area is 163 Å². The van der Waals surface area contributed by atoms with Crippen molar-refractivity contribution in [3.63, 3.8) is 0 Å². The Kier molecular flexibility index (Phi) is 6.44. The molecular weight excluding hydrogens is 360 g/mol. The minimum atomic E-state index is -0.289. The minimum Gasteiger partial charge on any atom is -0.467 e. The van der Waals surface area contributed by atoms with Gasteiger partial charge < -0.3 is 20.0 Å². The predicted octanol–water partition coefficient (Wildman–Crippen LogP) is 1.31. The molecule has 1 aliphatic heterocycles. The summed E-state index contributed by atoms with van der Waals surface area (Å²) in [4.78, 5) is 40.1. The number of furan rings is 1. The number of rotatable bonds is 6. The molecule has 0 unspecified atom stereocenters. The first-order valence-corrected chi connectivity index (χ1v) is 9.20. The van der Waals surface area contributed by atoms with Crippen molar-refractivity contribution in [1.29, 1.82) is 0 Å². The van der Waals surface area contributed by atoms with Gasteiger partial charge in [0, 0.05) is 33.1 Å². The monoisotopic (exact) mass is 384 g/mol. The van der Waals surface area contributed by atoms with Crippen LogP contribution in [0.15, 0.2) is 47.1 Å². The molecule has 8 nitrogen and oxygen atoms in total. The van der Waals surface area contributed by atoms with Crippen molar-refractivity contribution in [2.24, 2.45) is 0 Å². The molecule has 1 saturated heterocycles. The third kappa shape index (κ3) is 5.20. The molecule has 3 rings (SSSR count). The van der Waals surface area contributed by atoms with E-state index in [4.69, 9.17) is 4.42 Å². The van der Waals surface area contributed by atoms with E-state index < -0.39 is 0 Å². The van der Waals surface area contributed by atoms with E-state index in [9.17, 15) is 14.4 Å². The summed E-state index contributed by atoms with van der Waals surface area (Å²) < 4.78 is 5.21. The van der Waals surface area contributed by atoms with Gasteiger partial charge in [0.1, 0.15) is 5.76 Å². The molecule has 1 fully saturated rings. The summed E-state index contributed by atoms with van der Waals surface area (Å²) in [6.07, 6.45) is 1.55. The van der Waals surface area contributed by atoms with Crippen LogP contribution < -0.4 is 10.6 Å². The van der Waals surface area contributed by atoms with Crippen LogP contribution in [0.4, 0.5) is 5.69 Å². The number of benzene rings is 1. The summed E-state index contributed by atoms with van der Waals surface area (Å²) >= 11 is 0. The number of carbonyl (C=O) groups is 3. The number of para-hydroxylation sites is 1. The SMILES string of the molecule is CC(=O)N1CCN(CC(=O)Nc2ccccc2C(=O)NCc2ccco2)CC1. The number of hydrogen-bond acceptors (Lipinski definition) is 5. The maximum atomic E-state index is 12.5. The summed E-state index contributed by atoms with van der Waals surface area (Å²) in [5, 5.41) is 5.60. The topological polar surface area (TPSA) is 94.9 Å². The molecule has 28 heavy (non-hydrogen) atoms. The zero-order chi connectivity index (χ0) is 19.9. The van der Waals surface area contributed by atoms with Crippen LogP contribution in [0.1, 0.15) is 23.0 Å². The molecule has 0 bridgehead atoms. The zero-order valence-corrected chi connectivity index (χ0v) is 15.8. The van der Waals surface area contributed by atoms with Gasteiger partial charge in [0.15, 0.2) is 0 Å². The first-order chi connectivity index (χ1) is 13.5. The average Bonchev–Trinajstić information content (AvgIpc) is 3.20. The highest BCUT2D eigenvalue weighted by Gasteiger charge is 2.21. The van der Waals surface area contributed by atoms with Crippen LogP contribution in [0, 0.1) is 0 Å². The lowest BCUT2D eigenvalue weighted by Gasteiger charge is -2.33. The maximum Gasteiger partial charge on any atom is 0.253 e. The fourth-order valence-corrected chi connectivity index (χ4v) is 3.08. The Morgan fingerprint density at radius 1 is 1.04 bits per heavy atom. The number of anilines is 1. The van der Waals surface area contributed by atoms with Crippen molar-refractivity contribution < 1.29 is 18.8 Å². The average molecular weight is 384 g/mol. The van der Waals surface area contributed by atoms with Gasteiger partial charge in [0.05, 0.1) is 30.6 Å². The Morgan fingerprint density at radius 2 is 1.79 bits per heavy atom. The highest BCUT2D eigenvalue weighted by atomic mass is 16.3. The van der Waals surface area contributed by atoms with E-state index in [2.05, 4.69) is 10.6 Å². The predicted molar refractivity (Wildman–Crippen MR) is 104 cm³/mol. The largest absolute Gasteiger partial charge is 0.467 e. The second kappa shape index (κ2) is 9.18. The van der Waals surface area contributed by atoms with E-state index in [1.807, 2.05) is 4.90 Å². The van der Waals surface area contributed by atoms with Gasteiger partial charge in [-0.05, 0) is 24.3 Å². The van der Waals surface area contributed by atoms with Crippen molar-refractivity contribution in [3.05, 3.63) is 54.0 Å². The molecule has 2 aromatic rings. The molecule has 0 saturated carbocycles. The lowest BCUT2D eigenvalue weighted by atomic mass is 10.1. The Balaban J connectivity index is 1.54. The Bertz CT molecular complexity index is 826. The van der Waals surface area contributed by atoms with Gasteiger partial charge in [0.25, 0.3) is 5.91 Å². The van der Waals surface area contributed by atoms with Crippen LogP contribution in [0.2, 0.25) is 0 Å². The summed E-state index contributed by atoms with van der Waals surface area (Å²) in [5.41, 5.74) is 0.857. The van der Waals surface area contributed by atoms with Crippen molar-refractivity contribution in [2.45, 2.75) is 13.5 Å². The van der Waals surface area contributed by atoms with Gasteiger partial charge in [-0.25, -0.2) is 0 Å². The zero-order valence-electron chi connectivity index (χ0n) is 15.8. The summed E-state index contributed by atoms with van der Waals surface area (Å²) in [6, 6.07) is 10.4. The number of carbonyl (C=O) groups excluding carboxylic acids is 3. The summed E-state index contributed by atoms with van der Waals surface area (Å²) in [7, 11) is 0. The fraction of sp³-hybridized carbons (Fsp3) is 0.350. The third-order valence-electron chi connectivity index (χ3n) is 4.63. The normalized spacial score (nSPS) is 14.5. The minimum absolute atomic E-state index is 0.0542. The highest BCUT2D eigenvalue weighted by molar-refractivity contribution is 6.04. The van der Waals surface area contributed by atoms with Crippen LogP contribution in [-0.2, 0) is 16.1 Å². The summed E-state index contributed by atoms with van der Waals surface area (Å²) in [6.45, 7) is 4.58. The van der Waals surface area contributed by atoms with Gasteiger partial charge >= 0.3 is 0 Å². The van der Waals surface area contributed by atoms with E-state index in [1.165, 1.54) is 0 Å².